The minimum atomic E-state index is -1.09. The van der Waals surface area contributed by atoms with Crippen LogP contribution in [-0.2, 0) is 16.0 Å². The minimum Gasteiger partial charge on any atom is -0.494 e. The van der Waals surface area contributed by atoms with Gasteiger partial charge in [0, 0.05) is 18.0 Å². The van der Waals surface area contributed by atoms with Gasteiger partial charge in [0.25, 0.3) is 0 Å². The molecule has 0 aliphatic heterocycles. The highest BCUT2D eigenvalue weighted by Gasteiger charge is 2.27. The van der Waals surface area contributed by atoms with Crippen molar-refractivity contribution < 1.29 is 46.5 Å². The van der Waals surface area contributed by atoms with Crippen LogP contribution in [0.4, 0.5) is 35.0 Å². The highest BCUT2D eigenvalue weighted by atomic mass is 32.1. The van der Waals surface area contributed by atoms with E-state index in [2.05, 4.69) is 20.7 Å². The van der Waals surface area contributed by atoms with Gasteiger partial charge in [0.05, 0.1) is 50.6 Å². The number of halogens is 3. The number of esters is 2. The third-order valence-corrected chi connectivity index (χ3v) is 7.08. The highest BCUT2D eigenvalue weighted by Crippen LogP contribution is 2.35. The third-order valence-electron chi connectivity index (χ3n) is 6.12. The first-order chi connectivity index (χ1) is 19.7. The molecule has 1 fully saturated rings. The number of nitrogens with one attached hydrogen (secondary N) is 3. The SMILES string of the molecule is COC(=O)c1scc(NC(=O)Nc2cc(NCc3c(OCC4CC4)ccc(F)c3F)c(OC)cc2F)c1C(=O)OC. The van der Waals surface area contributed by atoms with E-state index in [1.165, 1.54) is 24.6 Å². The van der Waals surface area contributed by atoms with E-state index < -0.39 is 35.4 Å². The van der Waals surface area contributed by atoms with Crippen molar-refractivity contribution >= 4 is 46.4 Å². The Kier molecular flexibility index (Phi) is 9.22. The highest BCUT2D eigenvalue weighted by molar-refractivity contribution is 7.13. The molecule has 0 bridgehead atoms. The summed E-state index contributed by atoms with van der Waals surface area (Å²) in [5, 5.41) is 8.90. The summed E-state index contributed by atoms with van der Waals surface area (Å²) in [7, 11) is 3.52. The number of methoxy groups -OCH3 is 3. The van der Waals surface area contributed by atoms with Crippen LogP contribution >= 0.6 is 11.3 Å². The molecule has 0 unspecified atom stereocenters. The van der Waals surface area contributed by atoms with E-state index in [1.807, 2.05) is 0 Å². The Hall–Kier alpha value is -4.46. The van der Waals surface area contributed by atoms with Crippen molar-refractivity contribution in [3.63, 3.8) is 0 Å². The van der Waals surface area contributed by atoms with Gasteiger partial charge in [0.15, 0.2) is 17.5 Å². The van der Waals surface area contributed by atoms with E-state index >= 15 is 0 Å². The van der Waals surface area contributed by atoms with Crippen LogP contribution in [0.2, 0.25) is 0 Å². The molecule has 1 heterocycles. The number of amides is 2. The normalized spacial score (nSPS) is 12.3. The fourth-order valence-electron chi connectivity index (χ4n) is 3.78. The van der Waals surface area contributed by atoms with E-state index in [1.54, 1.807) is 0 Å². The fourth-order valence-corrected chi connectivity index (χ4v) is 4.69. The van der Waals surface area contributed by atoms with E-state index in [0.29, 0.717) is 12.5 Å². The average molecular weight is 594 g/mol. The quantitative estimate of drug-likeness (QED) is 0.239. The molecule has 218 valence electrons. The van der Waals surface area contributed by atoms with Gasteiger partial charge in [-0.05, 0) is 37.0 Å². The molecule has 3 N–H and O–H groups in total. The largest absolute Gasteiger partial charge is 0.494 e. The summed E-state index contributed by atoms with van der Waals surface area (Å²) in [5.74, 6) is -4.14. The molecule has 0 spiro atoms. The molecule has 0 atom stereocenters. The zero-order valence-electron chi connectivity index (χ0n) is 22.2. The predicted octanol–water partition coefficient (Wildman–Crippen LogP) is 5.79. The summed E-state index contributed by atoms with van der Waals surface area (Å²) < 4.78 is 63.8. The lowest BCUT2D eigenvalue weighted by Crippen LogP contribution is -2.22. The molecular formula is C27H26F3N3O7S. The average Bonchev–Trinajstić information content (AvgIpc) is 3.71. The first kappa shape index (κ1) is 29.5. The molecule has 10 nitrogen and oxygen atoms in total. The van der Waals surface area contributed by atoms with Gasteiger partial charge in [-0.25, -0.2) is 27.6 Å². The molecule has 1 aliphatic rings. The number of anilines is 3. The fraction of sp³-hybridized carbons (Fsp3) is 0.296. The predicted molar refractivity (Wildman–Crippen MR) is 144 cm³/mol. The first-order valence-corrected chi connectivity index (χ1v) is 13.1. The number of hydrogen-bond acceptors (Lipinski definition) is 9. The van der Waals surface area contributed by atoms with E-state index in [0.717, 1.165) is 50.5 Å². The van der Waals surface area contributed by atoms with Crippen LogP contribution in [0, 0.1) is 23.4 Å². The Morgan fingerprint density at radius 1 is 0.902 bits per heavy atom. The lowest BCUT2D eigenvalue weighted by atomic mass is 10.1. The van der Waals surface area contributed by atoms with E-state index in [9.17, 15) is 27.6 Å². The maximum atomic E-state index is 14.8. The molecule has 2 amide bonds. The van der Waals surface area contributed by atoms with Gasteiger partial charge >= 0.3 is 18.0 Å². The number of rotatable bonds is 11. The van der Waals surface area contributed by atoms with Gasteiger partial charge in [-0.3, -0.25) is 0 Å². The Balaban J connectivity index is 1.53. The smallest absolute Gasteiger partial charge is 0.349 e. The van der Waals surface area contributed by atoms with Gasteiger partial charge in [0.2, 0.25) is 0 Å². The van der Waals surface area contributed by atoms with Crippen molar-refractivity contribution in [1.82, 2.24) is 0 Å². The van der Waals surface area contributed by atoms with Gasteiger partial charge in [0.1, 0.15) is 21.9 Å². The van der Waals surface area contributed by atoms with Gasteiger partial charge in [-0.2, -0.15) is 0 Å². The summed E-state index contributed by atoms with van der Waals surface area (Å²) in [6.07, 6.45) is 2.02. The molecule has 4 rings (SSSR count). The molecule has 3 aromatic rings. The summed E-state index contributed by atoms with van der Waals surface area (Å²) in [5.41, 5.74) is -0.516. The number of carbonyl (C=O) groups excluding carboxylic acids is 3. The summed E-state index contributed by atoms with van der Waals surface area (Å²) >= 11 is 0.841. The van der Waals surface area contributed by atoms with Gasteiger partial charge in [-0.1, -0.05) is 0 Å². The van der Waals surface area contributed by atoms with Crippen molar-refractivity contribution in [3.8, 4) is 11.5 Å². The first-order valence-electron chi connectivity index (χ1n) is 12.2. The summed E-state index contributed by atoms with van der Waals surface area (Å²) in [6, 6.07) is 3.56. The Morgan fingerprint density at radius 2 is 1.61 bits per heavy atom. The van der Waals surface area contributed by atoms with E-state index in [-0.39, 0.29) is 51.1 Å². The molecule has 1 aromatic heterocycles. The molecule has 0 saturated heterocycles. The van der Waals surface area contributed by atoms with Crippen molar-refractivity contribution in [3.05, 3.63) is 63.1 Å². The molecule has 41 heavy (non-hydrogen) atoms. The second-order valence-corrected chi connectivity index (χ2v) is 9.77. The lowest BCUT2D eigenvalue weighted by molar-refractivity contribution is 0.0561. The van der Waals surface area contributed by atoms with Crippen LogP contribution in [0.1, 0.15) is 38.4 Å². The van der Waals surface area contributed by atoms with Crippen LogP contribution in [0.3, 0.4) is 0 Å². The van der Waals surface area contributed by atoms with Crippen molar-refractivity contribution in [1.29, 1.82) is 0 Å². The monoisotopic (exact) mass is 593 g/mol. The van der Waals surface area contributed by atoms with Crippen LogP contribution in [-0.4, -0.2) is 45.9 Å². The van der Waals surface area contributed by atoms with Gasteiger partial charge < -0.3 is 34.9 Å². The molecule has 2 aromatic carbocycles. The van der Waals surface area contributed by atoms with Crippen molar-refractivity contribution in [2.75, 3.05) is 43.9 Å². The van der Waals surface area contributed by atoms with Crippen LogP contribution < -0.4 is 25.4 Å². The Bertz CT molecular complexity index is 1480. The standard InChI is InChI=1S/C27H26F3N3O7S/c1-37-21-8-16(29)17(32-27(36)33-19-12-41-24(26(35)39-3)22(19)25(34)38-2)9-18(21)31-10-14-20(40-11-13-4-5-13)7-6-15(28)23(14)30/h6-9,12-13,31H,4-5,10-11H2,1-3H3,(H2,32,33,36). The van der Waals surface area contributed by atoms with Gasteiger partial charge in [-0.15, -0.1) is 11.3 Å². The molecule has 14 heteroatoms. The molecule has 0 radical (unpaired) electrons. The maximum Gasteiger partial charge on any atom is 0.349 e. The zero-order chi connectivity index (χ0) is 29.7. The van der Waals surface area contributed by atoms with Crippen molar-refractivity contribution in [2.45, 2.75) is 19.4 Å². The number of ether oxygens (including phenoxy) is 4. The molecular weight excluding hydrogens is 567 g/mol. The topological polar surface area (TPSA) is 124 Å². The molecule has 1 aliphatic carbocycles. The van der Waals surface area contributed by atoms with Crippen LogP contribution in [0.25, 0.3) is 0 Å². The van der Waals surface area contributed by atoms with Crippen LogP contribution in [0.5, 0.6) is 11.5 Å². The van der Waals surface area contributed by atoms with Crippen LogP contribution in [0.15, 0.2) is 29.6 Å². The lowest BCUT2D eigenvalue weighted by Gasteiger charge is -2.17. The maximum absolute atomic E-state index is 14.8. The number of carbonyl (C=O) groups is 3. The van der Waals surface area contributed by atoms with E-state index in [4.69, 9.17) is 14.2 Å². The van der Waals surface area contributed by atoms with Crippen molar-refractivity contribution in [2.24, 2.45) is 5.92 Å². The Morgan fingerprint density at radius 3 is 2.27 bits per heavy atom. The third kappa shape index (κ3) is 6.82. The second-order valence-electron chi connectivity index (χ2n) is 8.89. The summed E-state index contributed by atoms with van der Waals surface area (Å²) in [4.78, 5) is 36.9. The number of hydrogen-bond donors (Lipinski definition) is 3. The zero-order valence-corrected chi connectivity index (χ0v) is 23.0. The minimum absolute atomic E-state index is 0.0271. The molecule has 1 saturated carbocycles. The summed E-state index contributed by atoms with van der Waals surface area (Å²) in [6.45, 7) is 0.134. The second kappa shape index (κ2) is 12.8. The number of benzene rings is 2. The number of thiophene rings is 1. The Labute approximate surface area is 236 Å². The number of urea groups is 1.